The lowest BCUT2D eigenvalue weighted by Crippen LogP contribution is -2.41. The first-order valence-corrected chi connectivity index (χ1v) is 8.89. The highest BCUT2D eigenvalue weighted by Crippen LogP contribution is 2.23. The van der Waals surface area contributed by atoms with Crippen LogP contribution in [0.3, 0.4) is 0 Å². The second-order valence-electron chi connectivity index (χ2n) is 5.66. The number of hydrogen-bond donors (Lipinski definition) is 1. The van der Waals surface area contributed by atoms with Gasteiger partial charge >= 0.3 is 5.97 Å². The number of esters is 1. The first-order chi connectivity index (χ1) is 12.1. The van der Waals surface area contributed by atoms with E-state index in [1.54, 1.807) is 36.4 Å². The van der Waals surface area contributed by atoms with Crippen molar-refractivity contribution >= 4 is 34.8 Å². The van der Waals surface area contributed by atoms with Gasteiger partial charge in [-0.25, -0.2) is 4.79 Å². The van der Waals surface area contributed by atoms with E-state index in [0.717, 1.165) is 6.42 Å². The average molecular weight is 358 g/mol. The Morgan fingerprint density at radius 1 is 1.16 bits per heavy atom. The molecule has 1 aliphatic rings. The van der Waals surface area contributed by atoms with E-state index in [0.29, 0.717) is 23.5 Å². The lowest BCUT2D eigenvalue weighted by Gasteiger charge is -2.22. The van der Waals surface area contributed by atoms with Crippen LogP contribution in [0.1, 0.15) is 22.5 Å². The van der Waals surface area contributed by atoms with E-state index in [-0.39, 0.29) is 12.5 Å². The maximum atomic E-state index is 12.5. The van der Waals surface area contributed by atoms with E-state index in [2.05, 4.69) is 5.32 Å². The van der Waals surface area contributed by atoms with Crippen molar-refractivity contribution in [1.29, 1.82) is 0 Å². The zero-order valence-corrected chi connectivity index (χ0v) is 14.3. The first kappa shape index (κ1) is 17.2. The van der Waals surface area contributed by atoms with Crippen molar-refractivity contribution in [1.82, 2.24) is 4.90 Å². The van der Waals surface area contributed by atoms with Crippen LogP contribution in [-0.4, -0.2) is 41.9 Å². The van der Waals surface area contributed by atoms with Crippen molar-refractivity contribution in [2.45, 2.75) is 18.9 Å². The zero-order chi connectivity index (χ0) is 17.6. The van der Waals surface area contributed by atoms with Crippen LogP contribution in [-0.2, 0) is 14.3 Å². The van der Waals surface area contributed by atoms with Gasteiger partial charge in [-0.1, -0.05) is 24.3 Å². The van der Waals surface area contributed by atoms with Crippen molar-refractivity contribution in [2.24, 2.45) is 0 Å². The number of ether oxygens (including phenoxy) is 1. The molecule has 1 aliphatic heterocycles. The Labute approximate surface area is 149 Å². The highest BCUT2D eigenvalue weighted by Gasteiger charge is 2.36. The molecular weight excluding hydrogens is 340 g/mol. The summed E-state index contributed by atoms with van der Waals surface area (Å²) >= 11 is 1.34. The molecule has 25 heavy (non-hydrogen) atoms. The third-order valence-electron chi connectivity index (χ3n) is 3.92. The maximum Gasteiger partial charge on any atom is 0.329 e. The molecule has 1 fully saturated rings. The molecule has 1 N–H and O–H groups in total. The Morgan fingerprint density at radius 3 is 2.68 bits per heavy atom. The van der Waals surface area contributed by atoms with Crippen LogP contribution in [0, 0.1) is 0 Å². The molecule has 2 heterocycles. The van der Waals surface area contributed by atoms with E-state index < -0.39 is 17.9 Å². The van der Waals surface area contributed by atoms with Crippen molar-refractivity contribution in [3.63, 3.8) is 0 Å². The van der Waals surface area contributed by atoms with E-state index in [1.807, 2.05) is 11.4 Å². The lowest BCUT2D eigenvalue weighted by molar-refractivity contribution is -0.151. The Kier molecular flexibility index (Phi) is 5.45. The quantitative estimate of drug-likeness (QED) is 0.834. The van der Waals surface area contributed by atoms with Crippen molar-refractivity contribution < 1.29 is 19.1 Å². The fourth-order valence-electron chi connectivity index (χ4n) is 2.75. The molecule has 0 saturated carbocycles. The van der Waals surface area contributed by atoms with Crippen LogP contribution in [0.4, 0.5) is 5.69 Å². The number of amides is 2. The van der Waals surface area contributed by atoms with Crippen LogP contribution in [0.2, 0.25) is 0 Å². The summed E-state index contributed by atoms with van der Waals surface area (Å²) in [5.41, 5.74) is 0.638. The van der Waals surface area contributed by atoms with Gasteiger partial charge in [0.1, 0.15) is 6.04 Å². The second kappa shape index (κ2) is 7.94. The summed E-state index contributed by atoms with van der Waals surface area (Å²) < 4.78 is 5.12. The summed E-state index contributed by atoms with van der Waals surface area (Å²) in [6.45, 7) is 0.151. The fraction of sp³-hybridized carbons (Fsp3) is 0.278. The summed E-state index contributed by atoms with van der Waals surface area (Å²) in [5.74, 6) is -1.11. The summed E-state index contributed by atoms with van der Waals surface area (Å²) in [7, 11) is 0. The zero-order valence-electron chi connectivity index (χ0n) is 13.5. The van der Waals surface area contributed by atoms with Gasteiger partial charge in [-0.15, -0.1) is 11.3 Å². The Hall–Kier alpha value is -2.67. The topological polar surface area (TPSA) is 75.7 Å². The van der Waals surface area contributed by atoms with Crippen LogP contribution in [0.25, 0.3) is 0 Å². The second-order valence-corrected chi connectivity index (χ2v) is 6.60. The normalized spacial score (nSPS) is 16.5. The number of rotatable bonds is 5. The highest BCUT2D eigenvalue weighted by molar-refractivity contribution is 7.12. The van der Waals surface area contributed by atoms with Gasteiger partial charge in [0.25, 0.3) is 11.8 Å². The fourth-order valence-corrected chi connectivity index (χ4v) is 3.43. The third kappa shape index (κ3) is 4.24. The molecule has 0 radical (unpaired) electrons. The van der Waals surface area contributed by atoms with Crippen LogP contribution >= 0.6 is 11.3 Å². The number of benzene rings is 1. The Bertz CT molecular complexity index is 746. The van der Waals surface area contributed by atoms with Crippen molar-refractivity contribution in [3.05, 3.63) is 52.7 Å². The monoisotopic (exact) mass is 358 g/mol. The van der Waals surface area contributed by atoms with E-state index >= 15 is 0 Å². The molecule has 0 bridgehead atoms. The molecule has 0 unspecified atom stereocenters. The third-order valence-corrected chi connectivity index (χ3v) is 4.78. The van der Waals surface area contributed by atoms with E-state index in [1.165, 1.54) is 16.2 Å². The van der Waals surface area contributed by atoms with Gasteiger partial charge < -0.3 is 15.0 Å². The maximum absolute atomic E-state index is 12.5. The molecular formula is C18H18N2O4S. The Morgan fingerprint density at radius 2 is 1.96 bits per heavy atom. The van der Waals surface area contributed by atoms with Gasteiger partial charge in [-0.3, -0.25) is 9.59 Å². The number of thiophene rings is 1. The van der Waals surface area contributed by atoms with Crippen LogP contribution in [0.5, 0.6) is 0 Å². The summed E-state index contributed by atoms with van der Waals surface area (Å²) in [6.07, 6.45) is 1.29. The lowest BCUT2D eigenvalue weighted by atomic mass is 10.2. The number of likely N-dealkylation sites (tertiary alicyclic amines) is 1. The molecule has 6 nitrogen and oxygen atoms in total. The number of anilines is 1. The minimum absolute atomic E-state index is 0.164. The predicted molar refractivity (Wildman–Crippen MR) is 94.4 cm³/mol. The van der Waals surface area contributed by atoms with Gasteiger partial charge in [-0.05, 0) is 36.4 Å². The Balaban J connectivity index is 1.53. The van der Waals surface area contributed by atoms with Gasteiger partial charge in [0, 0.05) is 12.2 Å². The van der Waals surface area contributed by atoms with Crippen molar-refractivity contribution in [3.8, 4) is 0 Å². The molecule has 2 aromatic rings. The number of nitrogens with zero attached hydrogens (tertiary/aromatic N) is 1. The number of para-hydroxylation sites is 1. The number of carbonyl (C=O) groups excluding carboxylic acids is 3. The average Bonchev–Trinajstić information content (AvgIpc) is 3.31. The van der Waals surface area contributed by atoms with Gasteiger partial charge in [0.05, 0.1) is 4.88 Å². The number of nitrogens with one attached hydrogen (secondary N) is 1. The summed E-state index contributed by atoms with van der Waals surface area (Å²) in [4.78, 5) is 38.7. The van der Waals surface area contributed by atoms with Crippen LogP contribution in [0.15, 0.2) is 47.8 Å². The van der Waals surface area contributed by atoms with Crippen molar-refractivity contribution in [2.75, 3.05) is 18.5 Å². The molecule has 2 amide bonds. The smallest absolute Gasteiger partial charge is 0.329 e. The summed E-state index contributed by atoms with van der Waals surface area (Å²) in [5, 5.41) is 4.47. The molecule has 1 atom stereocenters. The first-order valence-electron chi connectivity index (χ1n) is 8.01. The molecule has 7 heteroatoms. The number of carbonyl (C=O) groups is 3. The summed E-state index contributed by atoms with van der Waals surface area (Å²) in [6, 6.07) is 11.9. The van der Waals surface area contributed by atoms with E-state index in [9.17, 15) is 14.4 Å². The van der Waals surface area contributed by atoms with Gasteiger partial charge in [-0.2, -0.15) is 0 Å². The molecule has 3 rings (SSSR count). The largest absolute Gasteiger partial charge is 0.454 e. The van der Waals surface area contributed by atoms with Gasteiger partial charge in [0.2, 0.25) is 0 Å². The molecule has 1 aromatic heterocycles. The minimum Gasteiger partial charge on any atom is -0.454 e. The highest BCUT2D eigenvalue weighted by atomic mass is 32.1. The standard InChI is InChI=1S/C18H18N2O4S/c21-16(19-13-6-2-1-3-7-13)12-24-18(23)14-8-4-10-20(14)17(22)15-9-5-11-25-15/h1-3,5-7,9,11,14H,4,8,10,12H2,(H,19,21)/t14-/m1/s1. The van der Waals surface area contributed by atoms with E-state index in [4.69, 9.17) is 4.74 Å². The van der Waals surface area contributed by atoms with Crippen LogP contribution < -0.4 is 5.32 Å². The van der Waals surface area contributed by atoms with Gasteiger partial charge in [0.15, 0.2) is 6.61 Å². The predicted octanol–water partition coefficient (Wildman–Crippen LogP) is 2.53. The molecule has 1 saturated heterocycles. The molecule has 1 aromatic carbocycles. The molecule has 0 aliphatic carbocycles. The minimum atomic E-state index is -0.626. The molecule has 0 spiro atoms. The molecule has 130 valence electrons. The SMILES string of the molecule is O=C(COC(=O)[C@H]1CCCN1C(=O)c1cccs1)Nc1ccccc1. The number of hydrogen-bond acceptors (Lipinski definition) is 5.